The van der Waals surface area contributed by atoms with Gasteiger partial charge in [-0.3, -0.25) is 9.59 Å². The van der Waals surface area contributed by atoms with Crippen molar-refractivity contribution in [2.75, 3.05) is 47.5 Å². The number of anilines is 1. The molecule has 0 fully saturated rings. The molecule has 0 bridgehead atoms. The molecule has 10 nitrogen and oxygen atoms in total. The van der Waals surface area contributed by atoms with E-state index in [1.807, 2.05) is 0 Å². The summed E-state index contributed by atoms with van der Waals surface area (Å²) in [6.07, 6.45) is 0. The van der Waals surface area contributed by atoms with E-state index in [0.717, 1.165) is 6.07 Å². The van der Waals surface area contributed by atoms with E-state index in [4.69, 9.17) is 32.8 Å². The number of ether oxygens (including phenoxy) is 6. The summed E-state index contributed by atoms with van der Waals surface area (Å²) in [4.78, 5) is 26.6. The van der Waals surface area contributed by atoms with E-state index in [0.29, 0.717) is 33.0 Å². The Morgan fingerprint density at radius 3 is 2.15 bits per heavy atom. The zero-order valence-electron chi connectivity index (χ0n) is 22.2. The number of benzene rings is 3. The molecule has 0 atom stereocenters. The molecule has 1 aromatic heterocycles. The molecule has 0 spiro atoms. The Kier molecular flexibility index (Phi) is 8.68. The molecule has 0 saturated heterocycles. The maximum Gasteiger partial charge on any atom is 0.262 e. The minimum absolute atomic E-state index is 0.0215. The van der Waals surface area contributed by atoms with Gasteiger partial charge in [-0.1, -0.05) is 0 Å². The molecule has 1 N–H and O–H groups in total. The van der Waals surface area contributed by atoms with Gasteiger partial charge in [-0.25, -0.2) is 4.39 Å². The average molecular weight is 618 g/mol. The Balaban J connectivity index is 1.87. The number of hydrogen-bond donors (Lipinski definition) is 1. The third kappa shape index (κ3) is 5.62. The highest BCUT2D eigenvalue weighted by Crippen LogP contribution is 2.44. The molecule has 210 valence electrons. The first-order valence-electron chi connectivity index (χ1n) is 11.7. The highest BCUT2D eigenvalue weighted by atomic mass is 79.9. The summed E-state index contributed by atoms with van der Waals surface area (Å²) in [5, 5.41) is 2.62. The summed E-state index contributed by atoms with van der Waals surface area (Å²) in [6, 6.07) is 10.0. The predicted molar refractivity (Wildman–Crippen MR) is 149 cm³/mol. The molecule has 0 aliphatic heterocycles. The number of hydrogen-bond acceptors (Lipinski definition) is 9. The van der Waals surface area contributed by atoms with Crippen LogP contribution >= 0.6 is 15.9 Å². The number of halogens is 2. The zero-order valence-corrected chi connectivity index (χ0v) is 23.8. The van der Waals surface area contributed by atoms with Gasteiger partial charge in [0.25, 0.3) is 5.91 Å². The molecule has 40 heavy (non-hydrogen) atoms. The van der Waals surface area contributed by atoms with Crippen LogP contribution in [0.2, 0.25) is 0 Å². The molecule has 3 aromatic carbocycles. The number of rotatable bonds is 10. The zero-order chi connectivity index (χ0) is 29.0. The summed E-state index contributed by atoms with van der Waals surface area (Å²) >= 11 is 3.26. The van der Waals surface area contributed by atoms with E-state index < -0.39 is 23.8 Å². The van der Waals surface area contributed by atoms with E-state index in [1.54, 1.807) is 12.1 Å². The summed E-state index contributed by atoms with van der Waals surface area (Å²) in [7, 11) is 7.20. The molecule has 4 aromatic rings. The van der Waals surface area contributed by atoms with Gasteiger partial charge in [-0.2, -0.15) is 0 Å². The summed E-state index contributed by atoms with van der Waals surface area (Å²) in [5.74, 6) is -0.0158. The average Bonchev–Trinajstić information content (AvgIpc) is 2.96. The lowest BCUT2D eigenvalue weighted by atomic mass is 10.1. The maximum absolute atomic E-state index is 13.8. The number of carbonyl (C=O) groups is 1. The van der Waals surface area contributed by atoms with Gasteiger partial charge in [0.1, 0.15) is 28.3 Å². The predicted octanol–water partition coefficient (Wildman–Crippen LogP) is 5.42. The summed E-state index contributed by atoms with van der Waals surface area (Å²) < 4.78 is 53.1. The molecule has 1 amide bonds. The van der Waals surface area contributed by atoms with E-state index in [2.05, 4.69) is 21.2 Å². The molecule has 4 rings (SSSR count). The first-order valence-corrected chi connectivity index (χ1v) is 12.4. The lowest BCUT2D eigenvalue weighted by Crippen LogP contribution is -2.23. The minimum atomic E-state index is -0.650. The first kappa shape index (κ1) is 28.6. The van der Waals surface area contributed by atoms with Gasteiger partial charge in [0.05, 0.1) is 41.2 Å². The van der Waals surface area contributed by atoms with Crippen molar-refractivity contribution in [1.82, 2.24) is 0 Å². The molecule has 0 saturated carbocycles. The van der Waals surface area contributed by atoms with E-state index in [1.165, 1.54) is 59.8 Å². The Hall–Kier alpha value is -4.45. The van der Waals surface area contributed by atoms with Crippen molar-refractivity contribution in [3.8, 4) is 45.8 Å². The third-order valence-electron chi connectivity index (χ3n) is 5.82. The molecule has 0 unspecified atom stereocenters. The van der Waals surface area contributed by atoms with Gasteiger partial charge in [0.2, 0.25) is 16.9 Å². The molecule has 0 radical (unpaired) electrons. The lowest BCUT2D eigenvalue weighted by molar-refractivity contribution is -0.118. The van der Waals surface area contributed by atoms with Crippen LogP contribution < -0.4 is 39.2 Å². The van der Waals surface area contributed by atoms with Gasteiger partial charge in [0.15, 0.2) is 23.9 Å². The molecule has 0 aliphatic rings. The van der Waals surface area contributed by atoms with Crippen molar-refractivity contribution in [2.45, 2.75) is 0 Å². The highest BCUT2D eigenvalue weighted by Gasteiger charge is 2.25. The largest absolute Gasteiger partial charge is 0.496 e. The van der Waals surface area contributed by atoms with Crippen molar-refractivity contribution in [2.24, 2.45) is 0 Å². The Morgan fingerprint density at radius 1 is 0.875 bits per heavy atom. The standard InChI is InChI=1S/C28H25BrFNO9/c1-34-16-11-19(35-2)24-20(12-16)40-26(14-8-21(36-3)27(38-5)22(9-14)37-4)28(25(24)33)39-13-23(32)31-18-10-15(30)6-7-17(18)29/h6-12H,13H2,1-5H3,(H,31,32). The van der Waals surface area contributed by atoms with E-state index >= 15 is 0 Å². The normalized spacial score (nSPS) is 10.7. The Labute approximate surface area is 236 Å². The second-order valence-electron chi connectivity index (χ2n) is 8.17. The van der Waals surface area contributed by atoms with Crippen LogP contribution in [0.25, 0.3) is 22.3 Å². The quantitative estimate of drug-likeness (QED) is 0.249. The van der Waals surface area contributed by atoms with Gasteiger partial charge < -0.3 is 38.2 Å². The van der Waals surface area contributed by atoms with Crippen molar-refractivity contribution in [3.63, 3.8) is 0 Å². The van der Waals surface area contributed by atoms with E-state index in [-0.39, 0.29) is 33.9 Å². The summed E-state index contributed by atoms with van der Waals surface area (Å²) in [6.45, 7) is -0.602. The van der Waals surface area contributed by atoms with Gasteiger partial charge in [-0.15, -0.1) is 0 Å². The number of amides is 1. The van der Waals surface area contributed by atoms with Crippen molar-refractivity contribution in [1.29, 1.82) is 0 Å². The molecular formula is C28H25BrFNO9. The fraction of sp³-hybridized carbons (Fsp3) is 0.214. The van der Waals surface area contributed by atoms with Crippen LogP contribution in [0.15, 0.2) is 56.1 Å². The number of methoxy groups -OCH3 is 5. The van der Waals surface area contributed by atoms with Crippen molar-refractivity contribution in [3.05, 3.63) is 63.0 Å². The van der Waals surface area contributed by atoms with Crippen molar-refractivity contribution >= 4 is 38.5 Å². The molecule has 1 heterocycles. The van der Waals surface area contributed by atoms with Gasteiger partial charge in [-0.05, 0) is 46.3 Å². The number of fused-ring (bicyclic) bond motifs is 1. The van der Waals surface area contributed by atoms with Crippen LogP contribution in [0, 0.1) is 5.82 Å². The maximum atomic E-state index is 13.8. The van der Waals surface area contributed by atoms with Gasteiger partial charge >= 0.3 is 0 Å². The van der Waals surface area contributed by atoms with E-state index in [9.17, 15) is 14.0 Å². The monoisotopic (exact) mass is 617 g/mol. The number of nitrogens with one attached hydrogen (secondary N) is 1. The lowest BCUT2D eigenvalue weighted by Gasteiger charge is -2.17. The second kappa shape index (κ2) is 12.2. The smallest absolute Gasteiger partial charge is 0.262 e. The number of carbonyl (C=O) groups excluding carboxylic acids is 1. The Morgan fingerprint density at radius 2 is 1.55 bits per heavy atom. The topological polar surface area (TPSA) is 115 Å². The molecule has 12 heteroatoms. The SMILES string of the molecule is COc1cc(OC)c2c(=O)c(OCC(=O)Nc3cc(F)ccc3Br)c(-c3cc(OC)c(OC)c(OC)c3)oc2c1. The van der Waals surface area contributed by atoms with Crippen LogP contribution in [0.5, 0.6) is 34.5 Å². The second-order valence-corrected chi connectivity index (χ2v) is 9.02. The first-order chi connectivity index (χ1) is 19.2. The molecule has 0 aliphatic carbocycles. The van der Waals surface area contributed by atoms with Crippen LogP contribution in [0.3, 0.4) is 0 Å². The van der Waals surface area contributed by atoms with Crippen molar-refractivity contribution < 1.29 is 42.0 Å². The van der Waals surface area contributed by atoms with Crippen LogP contribution in [0.4, 0.5) is 10.1 Å². The highest BCUT2D eigenvalue weighted by molar-refractivity contribution is 9.10. The fourth-order valence-corrected chi connectivity index (χ4v) is 4.32. The van der Waals surface area contributed by atoms with Crippen LogP contribution in [0.1, 0.15) is 0 Å². The third-order valence-corrected chi connectivity index (χ3v) is 6.52. The minimum Gasteiger partial charge on any atom is -0.496 e. The van der Waals surface area contributed by atoms with Crippen LogP contribution in [-0.4, -0.2) is 48.1 Å². The van der Waals surface area contributed by atoms with Gasteiger partial charge in [0, 0.05) is 22.2 Å². The fourth-order valence-electron chi connectivity index (χ4n) is 3.97. The molecular weight excluding hydrogens is 593 g/mol. The van der Waals surface area contributed by atoms with Crippen LogP contribution in [-0.2, 0) is 4.79 Å². The summed E-state index contributed by atoms with van der Waals surface area (Å²) in [5.41, 5.74) is 0.0611. The Bertz CT molecular complexity index is 1610.